The van der Waals surface area contributed by atoms with Gasteiger partial charge in [0, 0.05) is 0 Å². The fourth-order valence-corrected chi connectivity index (χ4v) is 1.64. The maximum Gasteiger partial charge on any atom is 0.240 e. The van der Waals surface area contributed by atoms with Crippen LogP contribution in [0.3, 0.4) is 0 Å². The molecule has 0 aromatic heterocycles. The van der Waals surface area contributed by atoms with Crippen LogP contribution in [0.2, 0.25) is 0 Å². The highest BCUT2D eigenvalue weighted by Crippen LogP contribution is 2.33. The summed E-state index contributed by atoms with van der Waals surface area (Å²) in [6.07, 6.45) is 4.79. The monoisotopic (exact) mass is 154 g/mol. The molecular formula is C7H10N2O2. The maximum atomic E-state index is 11.1. The predicted octanol–water partition coefficient (Wildman–Crippen LogP) is -0.680. The Kier molecular flexibility index (Phi) is 1.44. The van der Waals surface area contributed by atoms with Crippen molar-refractivity contribution in [3.63, 3.8) is 0 Å². The quantitative estimate of drug-likeness (QED) is 0.227. The van der Waals surface area contributed by atoms with Crippen molar-refractivity contribution in [3.05, 3.63) is 12.2 Å². The lowest BCUT2D eigenvalue weighted by Gasteiger charge is -2.12. The molecule has 0 radical (unpaired) electrons. The first-order valence-corrected chi connectivity index (χ1v) is 3.65. The summed E-state index contributed by atoms with van der Waals surface area (Å²) >= 11 is 0. The number of nitrogens with one attached hydrogen (secondary N) is 1. The molecule has 0 aromatic rings. The normalized spacial score (nSPS) is 39.5. The van der Waals surface area contributed by atoms with Gasteiger partial charge in [-0.05, 0) is 6.42 Å². The average Bonchev–Trinajstić information content (AvgIpc) is 2.62. The SMILES string of the molecule is NNC(=O)[C@H]1C[C@H]2C=C[C@H]1O2. The van der Waals surface area contributed by atoms with E-state index < -0.39 is 0 Å². The number of carbonyl (C=O) groups is 1. The number of hydrogen-bond acceptors (Lipinski definition) is 3. The van der Waals surface area contributed by atoms with Crippen molar-refractivity contribution in [1.82, 2.24) is 5.43 Å². The van der Waals surface area contributed by atoms with Gasteiger partial charge in [0.15, 0.2) is 0 Å². The standard InChI is InChI=1S/C7H10N2O2/c8-9-7(10)5-3-4-1-2-6(5)11-4/h1-2,4-6H,3,8H2,(H,9,10)/t4-,5+,6-/m1/s1. The van der Waals surface area contributed by atoms with E-state index in [1.165, 1.54) is 0 Å². The van der Waals surface area contributed by atoms with Gasteiger partial charge >= 0.3 is 0 Å². The molecule has 2 bridgehead atoms. The minimum Gasteiger partial charge on any atom is -0.366 e. The van der Waals surface area contributed by atoms with Crippen molar-refractivity contribution in [1.29, 1.82) is 0 Å². The zero-order valence-corrected chi connectivity index (χ0v) is 5.99. The summed E-state index contributed by atoms with van der Waals surface area (Å²) in [5.41, 5.74) is 2.14. The number of amides is 1. The van der Waals surface area contributed by atoms with Gasteiger partial charge in [0.2, 0.25) is 5.91 Å². The van der Waals surface area contributed by atoms with Crippen LogP contribution < -0.4 is 11.3 Å². The zero-order valence-electron chi connectivity index (χ0n) is 5.99. The van der Waals surface area contributed by atoms with Gasteiger partial charge in [-0.3, -0.25) is 10.2 Å². The van der Waals surface area contributed by atoms with Gasteiger partial charge in [0.25, 0.3) is 0 Å². The molecule has 60 valence electrons. The van der Waals surface area contributed by atoms with Gasteiger partial charge in [0.1, 0.15) is 0 Å². The molecule has 0 spiro atoms. The van der Waals surface area contributed by atoms with Gasteiger partial charge < -0.3 is 4.74 Å². The Morgan fingerprint density at radius 2 is 2.45 bits per heavy atom. The molecule has 0 unspecified atom stereocenters. The van der Waals surface area contributed by atoms with Crippen molar-refractivity contribution in [2.45, 2.75) is 18.6 Å². The highest BCUT2D eigenvalue weighted by molar-refractivity contribution is 5.79. The number of carbonyl (C=O) groups excluding carboxylic acids is 1. The Bertz CT molecular complexity index is 214. The Morgan fingerprint density at radius 3 is 2.91 bits per heavy atom. The van der Waals surface area contributed by atoms with Crippen molar-refractivity contribution < 1.29 is 9.53 Å². The minimum atomic E-state index is -0.123. The largest absolute Gasteiger partial charge is 0.366 e. The second kappa shape index (κ2) is 2.32. The van der Waals surface area contributed by atoms with Gasteiger partial charge in [-0.25, -0.2) is 5.84 Å². The summed E-state index contributed by atoms with van der Waals surface area (Å²) in [6.45, 7) is 0. The van der Waals surface area contributed by atoms with Gasteiger partial charge in [-0.2, -0.15) is 0 Å². The van der Waals surface area contributed by atoms with Crippen LogP contribution in [0.4, 0.5) is 0 Å². The van der Waals surface area contributed by atoms with Crippen LogP contribution in [0.1, 0.15) is 6.42 Å². The molecule has 2 aliphatic rings. The van der Waals surface area contributed by atoms with E-state index in [0.717, 1.165) is 6.42 Å². The molecule has 2 heterocycles. The smallest absolute Gasteiger partial charge is 0.240 e. The van der Waals surface area contributed by atoms with Gasteiger partial charge in [-0.15, -0.1) is 0 Å². The van der Waals surface area contributed by atoms with Crippen LogP contribution in [0.5, 0.6) is 0 Å². The van der Waals surface area contributed by atoms with Crippen LogP contribution in [0.15, 0.2) is 12.2 Å². The molecule has 1 saturated heterocycles. The molecule has 2 aliphatic heterocycles. The number of hydrogen-bond donors (Lipinski definition) is 2. The minimum absolute atomic E-state index is 0.0384. The lowest BCUT2D eigenvalue weighted by molar-refractivity contribution is -0.125. The Hall–Kier alpha value is -0.870. The summed E-state index contributed by atoms with van der Waals surface area (Å²) in [6, 6.07) is 0. The number of hydrazine groups is 1. The third-order valence-corrected chi connectivity index (χ3v) is 2.21. The molecule has 3 N–H and O–H groups in total. The van der Waals surface area contributed by atoms with E-state index in [4.69, 9.17) is 10.6 Å². The van der Waals surface area contributed by atoms with Crippen molar-refractivity contribution >= 4 is 5.91 Å². The number of nitrogens with two attached hydrogens (primary N) is 1. The molecule has 4 nitrogen and oxygen atoms in total. The van der Waals surface area contributed by atoms with E-state index in [0.29, 0.717) is 0 Å². The molecule has 11 heavy (non-hydrogen) atoms. The highest BCUT2D eigenvalue weighted by atomic mass is 16.5. The lowest BCUT2D eigenvalue weighted by atomic mass is 9.94. The van der Waals surface area contributed by atoms with Crippen molar-refractivity contribution in [2.75, 3.05) is 0 Å². The van der Waals surface area contributed by atoms with E-state index >= 15 is 0 Å². The van der Waals surface area contributed by atoms with E-state index in [9.17, 15) is 4.79 Å². The zero-order chi connectivity index (χ0) is 7.84. The molecule has 1 fully saturated rings. The topological polar surface area (TPSA) is 64.3 Å². The molecule has 0 aromatic carbocycles. The number of ether oxygens (including phenoxy) is 1. The van der Waals surface area contributed by atoms with E-state index in [1.807, 2.05) is 12.2 Å². The molecule has 1 amide bonds. The molecular weight excluding hydrogens is 144 g/mol. The first-order chi connectivity index (χ1) is 5.31. The van der Waals surface area contributed by atoms with Crippen LogP contribution in [0.25, 0.3) is 0 Å². The molecule has 0 aliphatic carbocycles. The summed E-state index contributed by atoms with van der Waals surface area (Å²) in [7, 11) is 0. The average molecular weight is 154 g/mol. The summed E-state index contributed by atoms with van der Waals surface area (Å²) in [4.78, 5) is 11.1. The van der Waals surface area contributed by atoms with Gasteiger partial charge in [0.05, 0.1) is 18.1 Å². The van der Waals surface area contributed by atoms with Crippen LogP contribution in [0, 0.1) is 5.92 Å². The molecule has 0 saturated carbocycles. The predicted molar refractivity (Wildman–Crippen MR) is 38.2 cm³/mol. The van der Waals surface area contributed by atoms with Crippen LogP contribution in [-0.2, 0) is 9.53 Å². The van der Waals surface area contributed by atoms with Crippen LogP contribution >= 0.6 is 0 Å². The fourth-order valence-electron chi connectivity index (χ4n) is 1.64. The summed E-state index contributed by atoms with van der Waals surface area (Å²) < 4.78 is 5.38. The Balaban J connectivity index is 2.08. The second-order valence-corrected chi connectivity index (χ2v) is 2.87. The fraction of sp³-hybridized carbons (Fsp3) is 0.571. The summed E-state index contributed by atoms with van der Waals surface area (Å²) in [5, 5.41) is 0. The third kappa shape index (κ3) is 0.948. The van der Waals surface area contributed by atoms with E-state index in [2.05, 4.69) is 5.43 Å². The van der Waals surface area contributed by atoms with Crippen molar-refractivity contribution in [2.24, 2.45) is 11.8 Å². The summed E-state index contributed by atoms with van der Waals surface area (Å²) in [5.74, 6) is 4.81. The highest BCUT2D eigenvalue weighted by Gasteiger charge is 2.40. The lowest BCUT2D eigenvalue weighted by Crippen LogP contribution is -2.39. The molecule has 2 rings (SSSR count). The molecule has 4 heteroatoms. The van der Waals surface area contributed by atoms with E-state index in [-0.39, 0.29) is 24.0 Å². The van der Waals surface area contributed by atoms with Crippen molar-refractivity contribution in [3.8, 4) is 0 Å². The number of rotatable bonds is 1. The third-order valence-electron chi connectivity index (χ3n) is 2.21. The number of fused-ring (bicyclic) bond motifs is 2. The second-order valence-electron chi connectivity index (χ2n) is 2.87. The van der Waals surface area contributed by atoms with Gasteiger partial charge in [-0.1, -0.05) is 12.2 Å². The Morgan fingerprint density at radius 1 is 1.64 bits per heavy atom. The first kappa shape index (κ1) is 6.82. The first-order valence-electron chi connectivity index (χ1n) is 3.65. The molecule has 3 atom stereocenters. The van der Waals surface area contributed by atoms with E-state index in [1.54, 1.807) is 0 Å². The van der Waals surface area contributed by atoms with Crippen LogP contribution in [-0.4, -0.2) is 18.1 Å². The maximum absolute atomic E-state index is 11.1. The Labute approximate surface area is 64.4 Å².